The highest BCUT2D eigenvalue weighted by Gasteiger charge is 2.42. The van der Waals surface area contributed by atoms with Gasteiger partial charge in [0.25, 0.3) is 0 Å². The van der Waals surface area contributed by atoms with Gasteiger partial charge in [0.1, 0.15) is 0 Å². The second-order valence-corrected chi connectivity index (χ2v) is 8.54. The number of aliphatic hydroxyl groups is 1. The van der Waals surface area contributed by atoms with Crippen molar-refractivity contribution in [2.45, 2.75) is 38.2 Å². The largest absolute Gasteiger partial charge is 0.385 e. The zero-order valence-electron chi connectivity index (χ0n) is 16.6. The van der Waals surface area contributed by atoms with Crippen LogP contribution in [0.5, 0.6) is 0 Å². The predicted molar refractivity (Wildman–Crippen MR) is 115 cm³/mol. The van der Waals surface area contributed by atoms with Gasteiger partial charge in [0.05, 0.1) is 5.60 Å². The van der Waals surface area contributed by atoms with Crippen LogP contribution in [0.15, 0.2) is 54.1 Å². The lowest BCUT2D eigenvalue weighted by Gasteiger charge is -2.44. The van der Waals surface area contributed by atoms with Gasteiger partial charge in [0.15, 0.2) is 0 Å². The molecule has 0 amide bonds. The Labute approximate surface area is 168 Å². The first-order valence-electron chi connectivity index (χ1n) is 9.77. The maximum atomic E-state index is 12.0. The zero-order chi connectivity index (χ0) is 19.4. The molecule has 1 aliphatic rings. The van der Waals surface area contributed by atoms with Gasteiger partial charge in [-0.2, -0.15) is 0 Å². The summed E-state index contributed by atoms with van der Waals surface area (Å²) in [5, 5.41) is 12.7. The van der Waals surface area contributed by atoms with E-state index in [0.29, 0.717) is 6.42 Å². The number of rotatable bonds is 5. The van der Waals surface area contributed by atoms with Crippen molar-refractivity contribution in [1.82, 2.24) is 4.90 Å². The quantitative estimate of drug-likeness (QED) is 0.750. The molecule has 3 heteroatoms. The molecule has 2 aromatic carbocycles. The second kappa shape index (κ2) is 8.60. The molecule has 0 aromatic heterocycles. The van der Waals surface area contributed by atoms with Gasteiger partial charge in [-0.15, -0.1) is 0 Å². The fraction of sp³-hybridized carbons (Fsp3) is 0.417. The minimum absolute atomic E-state index is 0.222. The van der Waals surface area contributed by atoms with Crippen LogP contribution in [0.1, 0.15) is 36.0 Å². The second-order valence-electron chi connectivity index (χ2n) is 8.10. The van der Waals surface area contributed by atoms with E-state index in [9.17, 15) is 5.11 Å². The molecule has 1 N–H and O–H groups in total. The highest BCUT2D eigenvalue weighted by Crippen LogP contribution is 2.42. The van der Waals surface area contributed by atoms with Crippen LogP contribution in [0.4, 0.5) is 0 Å². The van der Waals surface area contributed by atoms with E-state index in [2.05, 4.69) is 56.3 Å². The van der Waals surface area contributed by atoms with Gasteiger partial charge in [-0.1, -0.05) is 54.1 Å². The summed E-state index contributed by atoms with van der Waals surface area (Å²) in [4.78, 5) is 2.19. The van der Waals surface area contributed by atoms with E-state index in [4.69, 9.17) is 11.6 Å². The molecule has 2 atom stereocenters. The Bertz CT molecular complexity index is 796. The molecule has 1 fully saturated rings. The molecule has 27 heavy (non-hydrogen) atoms. The van der Waals surface area contributed by atoms with Crippen molar-refractivity contribution in [3.05, 3.63) is 75.8 Å². The molecule has 0 radical (unpaired) electrons. The molecule has 1 saturated carbocycles. The lowest BCUT2D eigenvalue weighted by Crippen LogP contribution is -2.48. The molecule has 0 heterocycles. The summed E-state index contributed by atoms with van der Waals surface area (Å²) in [5.41, 5.74) is 3.89. The van der Waals surface area contributed by atoms with Gasteiger partial charge >= 0.3 is 0 Å². The van der Waals surface area contributed by atoms with Gasteiger partial charge in [0, 0.05) is 23.9 Å². The number of hydrogen-bond acceptors (Lipinski definition) is 2. The Morgan fingerprint density at radius 2 is 1.85 bits per heavy atom. The summed E-state index contributed by atoms with van der Waals surface area (Å²) in [5.74, 6) is 0.222. The van der Waals surface area contributed by atoms with Crippen molar-refractivity contribution in [3.63, 3.8) is 0 Å². The number of benzene rings is 2. The average molecular weight is 384 g/mol. The van der Waals surface area contributed by atoms with E-state index in [0.717, 1.165) is 42.0 Å². The Morgan fingerprint density at radius 1 is 1.15 bits per heavy atom. The standard InChI is InChI=1S/C24H30ClNO/c1-18-7-4-5-8-20(18)16-24(27)21(9-6-10-22(24)17-26(2)3)15-19-11-13-23(25)14-12-19/h4-5,7-8,11-15,22,27H,6,9-10,16-17H2,1-3H3/b21-15-. The van der Waals surface area contributed by atoms with Crippen LogP contribution in [0.3, 0.4) is 0 Å². The summed E-state index contributed by atoms with van der Waals surface area (Å²) in [6, 6.07) is 16.3. The Hall–Kier alpha value is -1.61. The van der Waals surface area contributed by atoms with Crippen LogP contribution in [-0.2, 0) is 6.42 Å². The molecule has 144 valence electrons. The molecule has 0 bridgehead atoms. The van der Waals surface area contributed by atoms with E-state index in [1.54, 1.807) is 0 Å². The minimum Gasteiger partial charge on any atom is -0.385 e. The molecule has 0 aliphatic heterocycles. The third kappa shape index (κ3) is 4.82. The van der Waals surface area contributed by atoms with E-state index >= 15 is 0 Å². The molecule has 3 rings (SSSR count). The normalized spacial score (nSPS) is 24.5. The topological polar surface area (TPSA) is 23.5 Å². The Balaban J connectivity index is 2.01. The van der Waals surface area contributed by atoms with E-state index in [1.807, 2.05) is 24.3 Å². The Kier molecular flexibility index (Phi) is 6.41. The van der Waals surface area contributed by atoms with Crippen LogP contribution in [0.25, 0.3) is 6.08 Å². The van der Waals surface area contributed by atoms with E-state index in [-0.39, 0.29) is 5.92 Å². The van der Waals surface area contributed by atoms with Gasteiger partial charge in [-0.3, -0.25) is 0 Å². The number of hydrogen-bond donors (Lipinski definition) is 1. The number of nitrogens with zero attached hydrogens (tertiary/aromatic N) is 1. The summed E-state index contributed by atoms with van der Waals surface area (Å²) in [7, 11) is 4.18. The number of halogens is 1. The van der Waals surface area contributed by atoms with Crippen LogP contribution in [-0.4, -0.2) is 36.2 Å². The highest BCUT2D eigenvalue weighted by molar-refractivity contribution is 6.30. The van der Waals surface area contributed by atoms with Crippen molar-refractivity contribution >= 4 is 17.7 Å². The summed E-state index contributed by atoms with van der Waals surface area (Å²) >= 11 is 6.04. The maximum absolute atomic E-state index is 12.0. The van der Waals surface area contributed by atoms with Crippen molar-refractivity contribution in [2.75, 3.05) is 20.6 Å². The van der Waals surface area contributed by atoms with Crippen molar-refractivity contribution in [2.24, 2.45) is 5.92 Å². The maximum Gasteiger partial charge on any atom is 0.0940 e. The van der Waals surface area contributed by atoms with E-state index < -0.39 is 5.60 Å². The van der Waals surface area contributed by atoms with E-state index in [1.165, 1.54) is 11.1 Å². The molecule has 0 saturated heterocycles. The molecular weight excluding hydrogens is 354 g/mol. The zero-order valence-corrected chi connectivity index (χ0v) is 17.3. The van der Waals surface area contributed by atoms with Gasteiger partial charge in [-0.25, -0.2) is 0 Å². The first kappa shape index (κ1) is 20.1. The predicted octanol–water partition coefficient (Wildman–Crippen LogP) is 5.37. The minimum atomic E-state index is -0.825. The summed E-state index contributed by atoms with van der Waals surface area (Å²) in [6.45, 7) is 3.02. The van der Waals surface area contributed by atoms with Gasteiger partial charge in [-0.05, 0) is 74.7 Å². The smallest absolute Gasteiger partial charge is 0.0940 e. The fourth-order valence-corrected chi connectivity index (χ4v) is 4.38. The summed E-state index contributed by atoms with van der Waals surface area (Å²) < 4.78 is 0. The molecular formula is C24H30ClNO. The van der Waals surface area contributed by atoms with Crippen LogP contribution >= 0.6 is 11.6 Å². The molecule has 2 aromatic rings. The van der Waals surface area contributed by atoms with Crippen molar-refractivity contribution in [3.8, 4) is 0 Å². The van der Waals surface area contributed by atoms with Gasteiger partial charge in [0.2, 0.25) is 0 Å². The lowest BCUT2D eigenvalue weighted by molar-refractivity contribution is -0.0124. The molecule has 2 nitrogen and oxygen atoms in total. The third-order valence-corrected chi connectivity index (χ3v) is 6.00. The van der Waals surface area contributed by atoms with Crippen molar-refractivity contribution < 1.29 is 5.11 Å². The molecule has 1 aliphatic carbocycles. The SMILES string of the molecule is Cc1ccccc1CC1(O)/C(=C\c2ccc(Cl)cc2)CCCC1CN(C)C. The fourth-order valence-electron chi connectivity index (χ4n) is 4.25. The monoisotopic (exact) mass is 383 g/mol. The molecule has 2 unspecified atom stereocenters. The highest BCUT2D eigenvalue weighted by atomic mass is 35.5. The third-order valence-electron chi connectivity index (χ3n) is 5.75. The number of aryl methyl sites for hydroxylation is 1. The lowest BCUT2D eigenvalue weighted by atomic mass is 9.68. The van der Waals surface area contributed by atoms with Gasteiger partial charge < -0.3 is 10.0 Å². The first-order valence-corrected chi connectivity index (χ1v) is 10.1. The Morgan fingerprint density at radius 3 is 2.52 bits per heavy atom. The first-order chi connectivity index (χ1) is 12.9. The average Bonchev–Trinajstić information content (AvgIpc) is 2.62. The van der Waals surface area contributed by atoms with Crippen LogP contribution in [0, 0.1) is 12.8 Å². The van der Waals surface area contributed by atoms with Crippen molar-refractivity contribution in [1.29, 1.82) is 0 Å². The van der Waals surface area contributed by atoms with Crippen LogP contribution < -0.4 is 0 Å². The summed E-state index contributed by atoms with van der Waals surface area (Å²) in [6.07, 6.45) is 5.95. The molecule has 0 spiro atoms. The van der Waals surface area contributed by atoms with Crippen LogP contribution in [0.2, 0.25) is 5.02 Å².